The predicted octanol–water partition coefficient (Wildman–Crippen LogP) is 2.90. The number of hydrogen-bond acceptors (Lipinski definition) is 8. The number of benzene rings is 1. The second-order valence-corrected chi connectivity index (χ2v) is 9.79. The van der Waals surface area contributed by atoms with Crippen LogP contribution in [-0.4, -0.2) is 73.4 Å². The van der Waals surface area contributed by atoms with Crippen LogP contribution >= 0.6 is 11.3 Å². The number of fused-ring (bicyclic) bond motifs is 1. The number of esters is 1. The zero-order valence-corrected chi connectivity index (χ0v) is 22.0. The zero-order chi connectivity index (χ0) is 26.6. The van der Waals surface area contributed by atoms with Gasteiger partial charge >= 0.3 is 12.0 Å². The van der Waals surface area contributed by atoms with Crippen molar-refractivity contribution in [3.63, 3.8) is 0 Å². The zero-order valence-electron chi connectivity index (χ0n) is 21.1. The minimum Gasteiger partial charge on any atom is -0.495 e. The van der Waals surface area contributed by atoms with Crippen molar-refractivity contribution in [1.82, 2.24) is 15.5 Å². The van der Waals surface area contributed by atoms with E-state index in [4.69, 9.17) is 9.47 Å². The van der Waals surface area contributed by atoms with Crippen LogP contribution < -0.4 is 20.7 Å². The first-order valence-corrected chi connectivity index (χ1v) is 13.1. The summed E-state index contributed by atoms with van der Waals surface area (Å²) in [5.41, 5.74) is -0.543. The summed E-state index contributed by atoms with van der Waals surface area (Å²) >= 11 is 1.28. The van der Waals surface area contributed by atoms with E-state index in [0.29, 0.717) is 73.0 Å². The number of nitrogens with zero attached hydrogens (tertiary/aromatic N) is 2. The molecule has 1 aromatic heterocycles. The summed E-state index contributed by atoms with van der Waals surface area (Å²) in [6.07, 6.45) is 1.16. The number of nitrogens with one attached hydrogen (secondary N) is 3. The number of anilines is 1. The molecule has 0 saturated carbocycles. The summed E-state index contributed by atoms with van der Waals surface area (Å²) in [7, 11) is 1.56. The molecule has 4 rings (SSSR count). The number of carbonyl (C=O) groups excluding carboxylic acids is 4. The molecule has 1 spiro atoms. The highest BCUT2D eigenvalue weighted by atomic mass is 32.1. The molecule has 2 aliphatic rings. The van der Waals surface area contributed by atoms with Gasteiger partial charge in [0.15, 0.2) is 0 Å². The van der Waals surface area contributed by atoms with E-state index in [9.17, 15) is 19.2 Å². The van der Waals surface area contributed by atoms with Gasteiger partial charge in [-0.2, -0.15) is 0 Å². The van der Waals surface area contributed by atoms with Gasteiger partial charge in [0.2, 0.25) is 0 Å². The molecular weight excluding hydrogens is 498 g/mol. The minimum absolute atomic E-state index is 0.143. The Balaban J connectivity index is 1.53. The molecule has 2 aromatic rings. The lowest BCUT2D eigenvalue weighted by atomic mass is 9.87. The van der Waals surface area contributed by atoms with Crippen LogP contribution in [0, 0.1) is 0 Å². The maximum absolute atomic E-state index is 13.8. The number of thiophene rings is 1. The van der Waals surface area contributed by atoms with E-state index >= 15 is 0 Å². The van der Waals surface area contributed by atoms with Crippen LogP contribution in [-0.2, 0) is 14.3 Å². The number of rotatable bonds is 8. The van der Waals surface area contributed by atoms with Crippen molar-refractivity contribution in [1.29, 1.82) is 0 Å². The molecule has 4 amide bonds. The molecule has 198 valence electrons. The number of ether oxygens (including phenoxy) is 2. The number of piperidine rings is 1. The van der Waals surface area contributed by atoms with E-state index in [1.165, 1.54) is 11.3 Å². The quantitative estimate of drug-likeness (QED) is 0.450. The smallest absolute Gasteiger partial charge is 0.319 e. The molecule has 1 saturated heterocycles. The summed E-state index contributed by atoms with van der Waals surface area (Å²) in [5.74, 6) is 0.318. The number of aliphatic imine (C=N–C) groups is 1. The molecule has 0 unspecified atom stereocenters. The third-order valence-electron chi connectivity index (χ3n) is 6.46. The second kappa shape index (κ2) is 11.2. The van der Waals surface area contributed by atoms with E-state index in [1.807, 2.05) is 19.1 Å². The average molecular weight is 530 g/mol. The Bertz CT molecular complexity index is 1250. The van der Waals surface area contributed by atoms with Crippen molar-refractivity contribution < 1.29 is 28.7 Å². The Labute approximate surface area is 218 Å². The molecule has 12 heteroatoms. The lowest BCUT2D eigenvalue weighted by Gasteiger charge is -2.35. The van der Waals surface area contributed by atoms with Gasteiger partial charge in [-0.25, -0.2) is 4.79 Å². The van der Waals surface area contributed by atoms with Crippen molar-refractivity contribution in [3.8, 4) is 5.75 Å². The maximum Gasteiger partial charge on any atom is 0.319 e. The highest BCUT2D eigenvalue weighted by molar-refractivity contribution is 7.23. The molecule has 3 N–H and O–H groups in total. The van der Waals surface area contributed by atoms with Gasteiger partial charge in [-0.05, 0) is 32.8 Å². The van der Waals surface area contributed by atoms with Gasteiger partial charge < -0.3 is 25.0 Å². The lowest BCUT2D eigenvalue weighted by molar-refractivity contribution is -0.143. The number of methoxy groups -OCH3 is 1. The van der Waals surface area contributed by atoms with Crippen molar-refractivity contribution in [2.75, 3.05) is 38.7 Å². The number of urea groups is 1. The Morgan fingerprint density at radius 1 is 1.22 bits per heavy atom. The topological polar surface area (TPSA) is 138 Å². The SMILES string of the molecule is CCNC(=O)Nc1sc2c(OC)cccc2c1C(=O)N1CCC2(CC1)N=C(CCC(=O)OCC)NC2=O. The van der Waals surface area contributed by atoms with Crippen molar-refractivity contribution in [2.45, 2.75) is 45.1 Å². The number of hydrogen-bond donors (Lipinski definition) is 3. The van der Waals surface area contributed by atoms with Crippen LogP contribution in [0.4, 0.5) is 9.80 Å². The first kappa shape index (κ1) is 26.4. The van der Waals surface area contributed by atoms with E-state index in [-0.39, 0.29) is 24.2 Å². The normalized spacial score (nSPS) is 16.4. The van der Waals surface area contributed by atoms with Crippen LogP contribution in [0.1, 0.15) is 49.9 Å². The number of amides is 4. The first-order chi connectivity index (χ1) is 17.8. The molecule has 0 aliphatic carbocycles. The van der Waals surface area contributed by atoms with E-state index < -0.39 is 11.6 Å². The van der Waals surface area contributed by atoms with Crippen molar-refractivity contribution >= 4 is 56.1 Å². The van der Waals surface area contributed by atoms with Crippen LogP contribution in [0.5, 0.6) is 5.75 Å². The Morgan fingerprint density at radius 3 is 2.65 bits per heavy atom. The molecule has 0 radical (unpaired) electrons. The van der Waals surface area contributed by atoms with Crippen LogP contribution in [0.15, 0.2) is 23.2 Å². The molecule has 0 bridgehead atoms. The number of amidine groups is 1. The molecule has 1 aromatic carbocycles. The molecule has 1 fully saturated rings. The molecular formula is C25H31N5O6S. The Hall–Kier alpha value is -3.67. The van der Waals surface area contributed by atoms with Gasteiger partial charge in [-0.15, -0.1) is 11.3 Å². The summed E-state index contributed by atoms with van der Waals surface area (Å²) in [6.45, 7) is 4.95. The Morgan fingerprint density at radius 2 is 1.97 bits per heavy atom. The van der Waals surface area contributed by atoms with Gasteiger partial charge in [0.25, 0.3) is 11.8 Å². The van der Waals surface area contributed by atoms with Gasteiger partial charge in [-0.3, -0.25) is 24.7 Å². The highest BCUT2D eigenvalue weighted by Crippen LogP contribution is 2.42. The van der Waals surface area contributed by atoms with Gasteiger partial charge in [0.05, 0.1) is 30.4 Å². The largest absolute Gasteiger partial charge is 0.495 e. The second-order valence-electron chi connectivity index (χ2n) is 8.77. The standard InChI is InChI=1S/C25H31N5O6S/c1-4-26-24(34)28-21-19(15-7-6-8-16(35-3)20(15)37-21)22(32)30-13-11-25(12-14-30)23(33)27-17(29-25)9-10-18(31)36-5-2/h6-8H,4-5,9-14H2,1-3H3,(H2,26,28,34)(H,27,29,33). The summed E-state index contributed by atoms with van der Waals surface area (Å²) in [5, 5.41) is 9.43. The van der Waals surface area contributed by atoms with E-state index in [1.54, 1.807) is 25.0 Å². The molecule has 11 nitrogen and oxygen atoms in total. The van der Waals surface area contributed by atoms with Gasteiger partial charge in [0, 0.05) is 31.4 Å². The van der Waals surface area contributed by atoms with Crippen LogP contribution in [0.3, 0.4) is 0 Å². The fourth-order valence-corrected chi connectivity index (χ4v) is 5.77. The number of likely N-dealkylation sites (tertiary alicyclic amines) is 1. The molecule has 3 heterocycles. The molecule has 0 atom stereocenters. The van der Waals surface area contributed by atoms with Crippen molar-refractivity contribution in [2.24, 2.45) is 4.99 Å². The van der Waals surface area contributed by atoms with Crippen LogP contribution in [0.2, 0.25) is 0 Å². The van der Waals surface area contributed by atoms with E-state index in [2.05, 4.69) is 20.9 Å². The maximum atomic E-state index is 13.8. The third kappa shape index (κ3) is 5.38. The lowest BCUT2D eigenvalue weighted by Crippen LogP contribution is -2.50. The third-order valence-corrected chi connectivity index (χ3v) is 7.59. The number of carbonyl (C=O) groups is 4. The van der Waals surface area contributed by atoms with Crippen LogP contribution in [0.25, 0.3) is 10.1 Å². The van der Waals surface area contributed by atoms with Gasteiger partial charge in [0.1, 0.15) is 22.1 Å². The molecule has 37 heavy (non-hydrogen) atoms. The van der Waals surface area contributed by atoms with Crippen molar-refractivity contribution in [3.05, 3.63) is 23.8 Å². The Kier molecular flexibility index (Phi) is 7.96. The summed E-state index contributed by atoms with van der Waals surface area (Å²) in [4.78, 5) is 56.9. The van der Waals surface area contributed by atoms with Gasteiger partial charge in [-0.1, -0.05) is 12.1 Å². The fraction of sp³-hybridized carbons (Fsp3) is 0.480. The average Bonchev–Trinajstić information content (AvgIpc) is 3.39. The van der Waals surface area contributed by atoms with E-state index in [0.717, 1.165) is 4.70 Å². The monoisotopic (exact) mass is 529 g/mol. The summed E-state index contributed by atoms with van der Waals surface area (Å²) in [6, 6.07) is 5.05. The summed E-state index contributed by atoms with van der Waals surface area (Å²) < 4.78 is 11.2. The first-order valence-electron chi connectivity index (χ1n) is 12.3. The predicted molar refractivity (Wildman–Crippen MR) is 140 cm³/mol. The highest BCUT2D eigenvalue weighted by Gasteiger charge is 2.46. The minimum atomic E-state index is -0.942. The molecule has 2 aliphatic heterocycles. The fourth-order valence-electron chi connectivity index (χ4n) is 4.60.